The summed E-state index contributed by atoms with van der Waals surface area (Å²) in [7, 11) is 3.05. The number of amides is 3. The van der Waals surface area contributed by atoms with Gasteiger partial charge >= 0.3 is 5.97 Å². The third-order valence-corrected chi connectivity index (χ3v) is 8.78. The van der Waals surface area contributed by atoms with Crippen molar-refractivity contribution in [3.05, 3.63) is 119 Å². The summed E-state index contributed by atoms with van der Waals surface area (Å²) in [6.45, 7) is 4.31. The number of esters is 1. The van der Waals surface area contributed by atoms with E-state index >= 15 is 0 Å². The summed E-state index contributed by atoms with van der Waals surface area (Å²) in [6.07, 6.45) is 3.81. The zero-order valence-corrected chi connectivity index (χ0v) is 29.3. The van der Waals surface area contributed by atoms with Gasteiger partial charge in [-0.1, -0.05) is 44.5 Å². The van der Waals surface area contributed by atoms with E-state index in [1.165, 1.54) is 24.9 Å². The van der Waals surface area contributed by atoms with Crippen molar-refractivity contribution in [1.29, 1.82) is 0 Å². The monoisotopic (exact) mass is 695 g/mol. The number of nitrogens with one attached hydrogen (secondary N) is 3. The first kappa shape index (κ1) is 37.3. The van der Waals surface area contributed by atoms with Gasteiger partial charge in [0, 0.05) is 33.5 Å². The van der Waals surface area contributed by atoms with Crippen molar-refractivity contribution in [2.75, 3.05) is 31.5 Å². The second-order valence-corrected chi connectivity index (χ2v) is 12.3. The van der Waals surface area contributed by atoms with Gasteiger partial charge in [0.1, 0.15) is 17.2 Å². The second-order valence-electron chi connectivity index (χ2n) is 11.0. The van der Waals surface area contributed by atoms with Crippen LogP contribution in [0.1, 0.15) is 59.4 Å². The minimum Gasteiger partial charge on any atom is -0.497 e. The van der Waals surface area contributed by atoms with Gasteiger partial charge in [0.2, 0.25) is 5.91 Å². The summed E-state index contributed by atoms with van der Waals surface area (Å²) in [5, 5.41) is 8.08. The van der Waals surface area contributed by atoms with Gasteiger partial charge in [-0.05, 0) is 85.6 Å². The van der Waals surface area contributed by atoms with E-state index < -0.39 is 23.0 Å². The highest BCUT2D eigenvalue weighted by Gasteiger charge is 2.20. The first-order valence-corrected chi connectivity index (χ1v) is 17.1. The predicted octanol–water partition coefficient (Wildman–Crippen LogP) is 7.58. The first-order chi connectivity index (χ1) is 24.2. The normalized spacial score (nSPS) is 11.6. The lowest BCUT2D eigenvalue weighted by Gasteiger charge is -2.16. The molecule has 260 valence electrons. The molecular formula is C39H41N3O7S. The van der Waals surface area contributed by atoms with E-state index in [2.05, 4.69) is 16.0 Å². The molecule has 0 bridgehead atoms. The Balaban J connectivity index is 1.47. The summed E-state index contributed by atoms with van der Waals surface area (Å²) >= 11 is 1.35. The number of unbranched alkanes of at least 4 members (excludes halogenated alkanes) is 1. The van der Waals surface area contributed by atoms with Crippen molar-refractivity contribution in [2.24, 2.45) is 0 Å². The summed E-state index contributed by atoms with van der Waals surface area (Å²) < 4.78 is 16.0. The van der Waals surface area contributed by atoms with E-state index in [0.717, 1.165) is 17.7 Å². The van der Waals surface area contributed by atoms with E-state index in [4.69, 9.17) is 14.2 Å². The lowest BCUT2D eigenvalue weighted by molar-refractivity contribution is -0.116. The van der Waals surface area contributed by atoms with E-state index in [1.807, 2.05) is 19.9 Å². The predicted molar refractivity (Wildman–Crippen MR) is 197 cm³/mol. The third kappa shape index (κ3) is 10.7. The fourth-order valence-corrected chi connectivity index (χ4v) is 5.69. The molecule has 3 amide bonds. The summed E-state index contributed by atoms with van der Waals surface area (Å²) in [5.74, 6) is -0.588. The molecule has 1 atom stereocenters. The van der Waals surface area contributed by atoms with Crippen molar-refractivity contribution >= 4 is 52.9 Å². The van der Waals surface area contributed by atoms with Crippen LogP contribution in [0.5, 0.6) is 11.5 Å². The highest BCUT2D eigenvalue weighted by atomic mass is 32.2. The van der Waals surface area contributed by atoms with Gasteiger partial charge in [0.05, 0.1) is 31.6 Å². The number of benzene rings is 4. The first-order valence-electron chi connectivity index (χ1n) is 16.2. The van der Waals surface area contributed by atoms with Crippen LogP contribution in [0.15, 0.2) is 108 Å². The Morgan fingerprint density at radius 2 is 1.54 bits per heavy atom. The zero-order valence-electron chi connectivity index (χ0n) is 28.5. The van der Waals surface area contributed by atoms with E-state index in [-0.39, 0.29) is 11.6 Å². The van der Waals surface area contributed by atoms with E-state index in [0.29, 0.717) is 52.6 Å². The fraction of sp³-hybridized carbons (Fsp3) is 0.231. The van der Waals surface area contributed by atoms with Crippen LogP contribution in [0.3, 0.4) is 0 Å². The van der Waals surface area contributed by atoms with Crippen molar-refractivity contribution in [3.8, 4) is 11.5 Å². The minimum atomic E-state index is -0.559. The molecule has 11 heteroatoms. The number of carbonyl (C=O) groups is 4. The Kier molecular flexibility index (Phi) is 14.1. The number of ether oxygens (including phenoxy) is 3. The van der Waals surface area contributed by atoms with Crippen LogP contribution in [0.25, 0.3) is 6.08 Å². The number of anilines is 2. The van der Waals surface area contributed by atoms with Crippen LogP contribution in [0.2, 0.25) is 0 Å². The van der Waals surface area contributed by atoms with Gasteiger partial charge in [0.15, 0.2) is 0 Å². The van der Waals surface area contributed by atoms with Crippen LogP contribution >= 0.6 is 11.8 Å². The molecule has 0 saturated heterocycles. The maximum absolute atomic E-state index is 13.7. The Bertz CT molecular complexity index is 1810. The second kappa shape index (κ2) is 18.8. The topological polar surface area (TPSA) is 132 Å². The molecule has 0 saturated carbocycles. The van der Waals surface area contributed by atoms with E-state index in [9.17, 15) is 19.2 Å². The smallest absolute Gasteiger partial charge is 0.338 e. The zero-order chi connectivity index (χ0) is 35.9. The van der Waals surface area contributed by atoms with Crippen LogP contribution in [-0.2, 0) is 14.3 Å². The number of rotatable bonds is 16. The largest absolute Gasteiger partial charge is 0.497 e. The summed E-state index contributed by atoms with van der Waals surface area (Å²) in [6, 6.07) is 27.4. The van der Waals surface area contributed by atoms with Gasteiger partial charge in [-0.3, -0.25) is 14.4 Å². The molecule has 4 rings (SSSR count). The Morgan fingerprint density at radius 3 is 2.22 bits per heavy atom. The number of hydrogen-bond donors (Lipinski definition) is 3. The third-order valence-electron chi connectivity index (χ3n) is 7.42. The van der Waals surface area contributed by atoms with Crippen LogP contribution < -0.4 is 25.4 Å². The van der Waals surface area contributed by atoms with Gasteiger partial charge in [-0.2, -0.15) is 0 Å². The molecule has 0 radical (unpaired) electrons. The van der Waals surface area contributed by atoms with E-state index in [1.54, 1.807) is 98.1 Å². The lowest BCUT2D eigenvalue weighted by atomic mass is 10.1. The van der Waals surface area contributed by atoms with Crippen molar-refractivity contribution < 1.29 is 33.4 Å². The van der Waals surface area contributed by atoms with Crippen LogP contribution in [-0.4, -0.2) is 49.8 Å². The molecule has 0 fully saturated rings. The highest BCUT2D eigenvalue weighted by Crippen LogP contribution is 2.30. The number of thioether (sulfide) groups is 1. The molecule has 0 spiro atoms. The highest BCUT2D eigenvalue weighted by molar-refractivity contribution is 8.00. The van der Waals surface area contributed by atoms with Crippen LogP contribution in [0, 0.1) is 0 Å². The molecule has 4 aromatic rings. The molecule has 0 heterocycles. The maximum Gasteiger partial charge on any atom is 0.338 e. The number of methoxy groups -OCH3 is 2. The maximum atomic E-state index is 13.7. The molecule has 0 aliphatic heterocycles. The SMILES string of the molecule is CCCCOC(=O)c1ccc(NC(=O)C(CC)Sc2cccc(NC(=O)/C(=C\c3ccc(OC)cc3OC)NC(=O)c3ccccc3)c2)cc1. The van der Waals surface area contributed by atoms with Gasteiger partial charge in [0.25, 0.3) is 11.8 Å². The van der Waals surface area contributed by atoms with Crippen molar-refractivity contribution in [1.82, 2.24) is 5.32 Å². The number of carbonyl (C=O) groups excluding carboxylic acids is 4. The fourth-order valence-electron chi connectivity index (χ4n) is 4.67. The summed E-state index contributed by atoms with van der Waals surface area (Å²) in [5.41, 5.74) is 2.38. The molecular weight excluding hydrogens is 655 g/mol. The van der Waals surface area contributed by atoms with Gasteiger partial charge in [-0.15, -0.1) is 11.8 Å². The molecule has 0 aliphatic rings. The Morgan fingerprint density at radius 1 is 0.780 bits per heavy atom. The Labute approximate surface area is 296 Å². The number of hydrogen-bond acceptors (Lipinski definition) is 8. The van der Waals surface area contributed by atoms with Crippen LogP contribution in [0.4, 0.5) is 11.4 Å². The van der Waals surface area contributed by atoms with Crippen molar-refractivity contribution in [3.63, 3.8) is 0 Å². The summed E-state index contributed by atoms with van der Waals surface area (Å²) in [4.78, 5) is 53.0. The Hall–Kier alpha value is -5.55. The molecule has 0 aliphatic carbocycles. The average molecular weight is 696 g/mol. The van der Waals surface area contributed by atoms with Gasteiger partial charge in [-0.25, -0.2) is 4.79 Å². The van der Waals surface area contributed by atoms with Crippen molar-refractivity contribution in [2.45, 2.75) is 43.3 Å². The molecule has 0 aromatic heterocycles. The molecule has 4 aromatic carbocycles. The lowest BCUT2D eigenvalue weighted by Crippen LogP contribution is -2.30. The quantitative estimate of drug-likeness (QED) is 0.0473. The van der Waals surface area contributed by atoms with Gasteiger partial charge < -0.3 is 30.2 Å². The minimum absolute atomic E-state index is 0.00794. The standard InChI is InChI=1S/C39H41N3O7S/c1-5-7-22-49-39(46)27-16-19-29(20-17-27)40-38(45)35(6-2)50-32-15-11-14-30(24-32)41-37(44)33(42-36(43)26-12-9-8-10-13-26)23-28-18-21-31(47-3)25-34(28)48-4/h8-21,23-25,35H,5-7,22H2,1-4H3,(H,40,45)(H,41,44)(H,42,43)/b33-23+. The average Bonchev–Trinajstić information content (AvgIpc) is 3.14. The molecule has 1 unspecified atom stereocenters. The molecule has 10 nitrogen and oxygen atoms in total. The molecule has 50 heavy (non-hydrogen) atoms. The molecule has 3 N–H and O–H groups in total.